The van der Waals surface area contributed by atoms with E-state index in [0.29, 0.717) is 41.8 Å². The first-order valence-electron chi connectivity index (χ1n) is 9.99. The van der Waals surface area contributed by atoms with Crippen molar-refractivity contribution in [3.63, 3.8) is 0 Å². The number of methoxy groups -OCH3 is 1. The molecule has 3 rings (SSSR count). The summed E-state index contributed by atoms with van der Waals surface area (Å²) < 4.78 is 16.5. The smallest absolute Gasteiger partial charge is 0.268 e. The van der Waals surface area contributed by atoms with Crippen molar-refractivity contribution in [2.75, 3.05) is 30.5 Å². The number of nitrogens with one attached hydrogen (secondary N) is 1. The van der Waals surface area contributed by atoms with Crippen LogP contribution in [-0.2, 0) is 9.59 Å². The standard InChI is InChI=1S/C24H26N2O5/c1-5-13-26-19-10-9-18(15-21(19)31-16(3)24(26)28)25-23(27)12-8-17-7-11-20(30-6-2)22(14-17)29-4/h5,7-12,14-16H,1,6,13H2,2-4H3,(H,25,27)/b12-8+. The van der Waals surface area contributed by atoms with Gasteiger partial charge in [-0.05, 0) is 49.8 Å². The van der Waals surface area contributed by atoms with E-state index in [4.69, 9.17) is 14.2 Å². The topological polar surface area (TPSA) is 77.1 Å². The number of hydrogen-bond acceptors (Lipinski definition) is 5. The summed E-state index contributed by atoms with van der Waals surface area (Å²) in [6, 6.07) is 10.6. The summed E-state index contributed by atoms with van der Waals surface area (Å²) in [5.41, 5.74) is 2.02. The number of benzene rings is 2. The molecule has 0 bridgehead atoms. The number of anilines is 2. The number of hydrogen-bond donors (Lipinski definition) is 1. The zero-order chi connectivity index (χ0) is 22.4. The molecular formula is C24H26N2O5. The Labute approximate surface area is 181 Å². The average molecular weight is 422 g/mol. The minimum Gasteiger partial charge on any atom is -0.493 e. The van der Waals surface area contributed by atoms with Crippen LogP contribution in [0.2, 0.25) is 0 Å². The molecule has 2 aromatic rings. The van der Waals surface area contributed by atoms with Gasteiger partial charge in [-0.25, -0.2) is 0 Å². The molecule has 7 heteroatoms. The molecule has 2 aromatic carbocycles. The lowest BCUT2D eigenvalue weighted by Gasteiger charge is -2.32. The van der Waals surface area contributed by atoms with Crippen molar-refractivity contribution in [1.29, 1.82) is 0 Å². The Morgan fingerprint density at radius 1 is 1.26 bits per heavy atom. The molecule has 1 heterocycles. The summed E-state index contributed by atoms with van der Waals surface area (Å²) in [5, 5.41) is 2.81. The van der Waals surface area contributed by atoms with Crippen LogP contribution in [0.3, 0.4) is 0 Å². The first kappa shape index (κ1) is 22.0. The van der Waals surface area contributed by atoms with E-state index in [1.54, 1.807) is 61.4 Å². The van der Waals surface area contributed by atoms with Crippen LogP contribution in [0.1, 0.15) is 19.4 Å². The first-order chi connectivity index (χ1) is 15.0. The molecule has 0 aromatic heterocycles. The maximum Gasteiger partial charge on any atom is 0.268 e. The van der Waals surface area contributed by atoms with Crippen molar-refractivity contribution in [2.45, 2.75) is 20.0 Å². The van der Waals surface area contributed by atoms with Gasteiger partial charge in [0.2, 0.25) is 5.91 Å². The molecular weight excluding hydrogens is 396 g/mol. The van der Waals surface area contributed by atoms with Crippen molar-refractivity contribution in [1.82, 2.24) is 0 Å². The first-order valence-corrected chi connectivity index (χ1v) is 9.99. The molecule has 1 aliphatic rings. The molecule has 162 valence electrons. The third kappa shape index (κ3) is 5.06. The lowest BCUT2D eigenvalue weighted by molar-refractivity contribution is -0.125. The molecule has 31 heavy (non-hydrogen) atoms. The Morgan fingerprint density at radius 3 is 2.77 bits per heavy atom. The summed E-state index contributed by atoms with van der Waals surface area (Å²) in [5.74, 6) is 1.36. The largest absolute Gasteiger partial charge is 0.493 e. The van der Waals surface area contributed by atoms with Crippen molar-refractivity contribution in [3.05, 3.63) is 60.7 Å². The fraction of sp³-hybridized carbons (Fsp3) is 0.250. The van der Waals surface area contributed by atoms with Gasteiger partial charge >= 0.3 is 0 Å². The monoisotopic (exact) mass is 422 g/mol. The van der Waals surface area contributed by atoms with Crippen LogP contribution < -0.4 is 24.4 Å². The van der Waals surface area contributed by atoms with Crippen molar-refractivity contribution in [3.8, 4) is 17.2 Å². The highest BCUT2D eigenvalue weighted by atomic mass is 16.5. The van der Waals surface area contributed by atoms with Gasteiger partial charge in [-0.3, -0.25) is 9.59 Å². The van der Waals surface area contributed by atoms with Gasteiger partial charge in [0.15, 0.2) is 17.6 Å². The van der Waals surface area contributed by atoms with Crippen LogP contribution in [0.5, 0.6) is 17.2 Å². The second-order valence-corrected chi connectivity index (χ2v) is 6.85. The van der Waals surface area contributed by atoms with Gasteiger partial charge < -0.3 is 24.4 Å². The molecule has 1 atom stereocenters. The van der Waals surface area contributed by atoms with Crippen molar-refractivity contribution >= 4 is 29.3 Å². The molecule has 0 saturated heterocycles. The third-order valence-corrected chi connectivity index (χ3v) is 4.66. The minimum absolute atomic E-state index is 0.127. The molecule has 0 saturated carbocycles. The Hall–Kier alpha value is -3.74. The molecule has 2 amide bonds. The van der Waals surface area contributed by atoms with Crippen LogP contribution in [0.4, 0.5) is 11.4 Å². The summed E-state index contributed by atoms with van der Waals surface area (Å²) in [6.07, 6.45) is 4.18. The normalized spacial score (nSPS) is 15.3. The zero-order valence-corrected chi connectivity index (χ0v) is 17.9. The molecule has 1 N–H and O–H groups in total. The van der Waals surface area contributed by atoms with Gasteiger partial charge in [0, 0.05) is 24.4 Å². The highest BCUT2D eigenvalue weighted by Gasteiger charge is 2.30. The minimum atomic E-state index is -0.604. The number of carbonyl (C=O) groups excluding carboxylic acids is 2. The summed E-state index contributed by atoms with van der Waals surface area (Å²) in [6.45, 7) is 8.22. The van der Waals surface area contributed by atoms with E-state index in [9.17, 15) is 9.59 Å². The molecule has 7 nitrogen and oxygen atoms in total. The predicted octanol–water partition coefficient (Wildman–Crippen LogP) is 4.05. The fourth-order valence-electron chi connectivity index (χ4n) is 3.22. The van der Waals surface area contributed by atoms with Crippen LogP contribution in [0.15, 0.2) is 55.1 Å². The van der Waals surface area contributed by atoms with Crippen LogP contribution in [0, 0.1) is 0 Å². The van der Waals surface area contributed by atoms with E-state index in [1.807, 2.05) is 13.0 Å². The van der Waals surface area contributed by atoms with E-state index in [0.717, 1.165) is 5.56 Å². The van der Waals surface area contributed by atoms with Crippen molar-refractivity contribution in [2.24, 2.45) is 0 Å². The molecule has 0 radical (unpaired) electrons. The number of carbonyl (C=O) groups is 2. The van der Waals surface area contributed by atoms with E-state index < -0.39 is 6.10 Å². The highest BCUT2D eigenvalue weighted by molar-refractivity contribution is 6.03. The lowest BCUT2D eigenvalue weighted by atomic mass is 10.1. The van der Waals surface area contributed by atoms with Crippen LogP contribution >= 0.6 is 0 Å². The highest BCUT2D eigenvalue weighted by Crippen LogP contribution is 2.36. The predicted molar refractivity (Wildman–Crippen MR) is 121 cm³/mol. The van der Waals surface area contributed by atoms with E-state index >= 15 is 0 Å². The number of amides is 2. The van der Waals surface area contributed by atoms with E-state index in [-0.39, 0.29) is 11.8 Å². The van der Waals surface area contributed by atoms with Gasteiger partial charge in [0.25, 0.3) is 5.91 Å². The van der Waals surface area contributed by atoms with E-state index in [2.05, 4.69) is 11.9 Å². The quantitative estimate of drug-likeness (QED) is 0.513. The average Bonchev–Trinajstić information content (AvgIpc) is 2.76. The number of fused-ring (bicyclic) bond motifs is 1. The van der Waals surface area contributed by atoms with Gasteiger partial charge in [-0.2, -0.15) is 0 Å². The third-order valence-electron chi connectivity index (χ3n) is 4.66. The molecule has 0 aliphatic carbocycles. The second-order valence-electron chi connectivity index (χ2n) is 6.85. The molecule has 1 unspecified atom stereocenters. The van der Waals surface area contributed by atoms with E-state index in [1.165, 1.54) is 6.08 Å². The van der Waals surface area contributed by atoms with Gasteiger partial charge in [-0.1, -0.05) is 12.1 Å². The molecule has 0 spiro atoms. The summed E-state index contributed by atoms with van der Waals surface area (Å²) >= 11 is 0. The summed E-state index contributed by atoms with van der Waals surface area (Å²) in [4.78, 5) is 26.3. The second kappa shape index (κ2) is 9.84. The summed E-state index contributed by atoms with van der Waals surface area (Å²) in [7, 11) is 1.57. The zero-order valence-electron chi connectivity index (χ0n) is 17.9. The van der Waals surface area contributed by atoms with Gasteiger partial charge in [0.05, 0.1) is 19.4 Å². The molecule has 0 fully saturated rings. The van der Waals surface area contributed by atoms with Crippen LogP contribution in [-0.4, -0.2) is 38.2 Å². The SMILES string of the molecule is C=CCN1C(=O)C(C)Oc2cc(NC(=O)/C=C/c3ccc(OCC)c(OC)c3)ccc21. The fourth-order valence-corrected chi connectivity index (χ4v) is 3.22. The van der Waals surface area contributed by atoms with Gasteiger partial charge in [0.1, 0.15) is 5.75 Å². The van der Waals surface area contributed by atoms with Crippen molar-refractivity contribution < 1.29 is 23.8 Å². The lowest BCUT2D eigenvalue weighted by Crippen LogP contribution is -2.44. The molecule has 1 aliphatic heterocycles. The number of nitrogens with zero attached hydrogens (tertiary/aromatic N) is 1. The maximum atomic E-state index is 12.4. The maximum absolute atomic E-state index is 12.4. The van der Waals surface area contributed by atoms with Gasteiger partial charge in [-0.15, -0.1) is 6.58 Å². The van der Waals surface area contributed by atoms with Crippen LogP contribution in [0.25, 0.3) is 6.08 Å². The Morgan fingerprint density at radius 2 is 2.06 bits per heavy atom. The Bertz CT molecular complexity index is 1020. The Balaban J connectivity index is 1.72. The number of rotatable bonds is 8. The Kier molecular flexibility index (Phi) is 6.97. The number of ether oxygens (including phenoxy) is 3.